The minimum atomic E-state index is -1.72. The van der Waals surface area contributed by atoms with Gasteiger partial charge in [-0.2, -0.15) is 0 Å². The van der Waals surface area contributed by atoms with E-state index < -0.39 is 35.5 Å². The van der Waals surface area contributed by atoms with Crippen molar-refractivity contribution in [1.29, 1.82) is 0 Å². The summed E-state index contributed by atoms with van der Waals surface area (Å²) in [7, 11) is 0. The average molecular weight is 542 g/mol. The molecule has 5 aliphatic rings. The number of ether oxygens (including phenoxy) is 4. The Bertz CT molecular complexity index is 1120. The summed E-state index contributed by atoms with van der Waals surface area (Å²) < 4.78 is 25.3. The molecule has 4 heterocycles. The fourth-order valence-corrected chi connectivity index (χ4v) is 6.85. The highest BCUT2D eigenvalue weighted by Gasteiger charge is 2.59. The summed E-state index contributed by atoms with van der Waals surface area (Å²) in [5.74, 6) is -1.62. The van der Waals surface area contributed by atoms with Gasteiger partial charge in [-0.1, -0.05) is 55.0 Å². The van der Waals surface area contributed by atoms with Gasteiger partial charge in [0.2, 0.25) is 0 Å². The Morgan fingerprint density at radius 3 is 2.67 bits per heavy atom. The molecule has 0 aromatic heterocycles. The second-order valence-corrected chi connectivity index (χ2v) is 12.4. The normalized spacial score (nSPS) is 45.7. The summed E-state index contributed by atoms with van der Waals surface area (Å²) in [6, 6.07) is 0. The number of hydrogen-bond donors (Lipinski definition) is 2. The monoisotopic (exact) mass is 541 g/mol. The summed E-state index contributed by atoms with van der Waals surface area (Å²) in [6.45, 7) is 10.4. The molecule has 4 aliphatic heterocycles. The number of esters is 1. The predicted octanol–water partition coefficient (Wildman–Crippen LogP) is 5.00. The molecule has 3 saturated heterocycles. The second-order valence-electron chi connectivity index (χ2n) is 12.4. The lowest BCUT2D eigenvalue weighted by atomic mass is 9.71. The van der Waals surface area contributed by atoms with Crippen LogP contribution in [0.1, 0.15) is 73.1 Å². The number of aliphatic hydroxyl groups is 1. The highest BCUT2D eigenvalue weighted by Crippen LogP contribution is 2.46. The standard InChI is InChI=1S/C31H43NO7/c1-18-7-6-8-23-17-36-28-27(32-35)21(4)14-26(31(23,28)34)29(33)37-25-15-24(10-9-19(2)13-18)39-30(16-25)12-11-20(3)22(5)38-30/h6-9,14,18,20,22,24-26,28,34-35H,10-13,15-17H2,1-5H3/b7-6?,19-9+,23-8?,32-27?/t18-,20-,22+,24+,25-,26-,28+,30-,31+/m0/s1. The van der Waals surface area contributed by atoms with E-state index in [0.717, 1.165) is 19.3 Å². The number of hydrogen-bond acceptors (Lipinski definition) is 8. The van der Waals surface area contributed by atoms with Crippen LogP contribution < -0.4 is 0 Å². The predicted molar refractivity (Wildman–Crippen MR) is 146 cm³/mol. The summed E-state index contributed by atoms with van der Waals surface area (Å²) in [5, 5.41) is 25.2. The van der Waals surface area contributed by atoms with Crippen molar-refractivity contribution < 1.29 is 34.1 Å². The van der Waals surface area contributed by atoms with Gasteiger partial charge < -0.3 is 29.3 Å². The van der Waals surface area contributed by atoms with Gasteiger partial charge in [-0.25, -0.2) is 0 Å². The van der Waals surface area contributed by atoms with Crippen molar-refractivity contribution in [3.05, 3.63) is 47.1 Å². The van der Waals surface area contributed by atoms with Crippen molar-refractivity contribution in [1.82, 2.24) is 0 Å². The van der Waals surface area contributed by atoms with Gasteiger partial charge in [0.25, 0.3) is 0 Å². The van der Waals surface area contributed by atoms with Crippen molar-refractivity contribution >= 4 is 11.7 Å². The molecule has 3 fully saturated rings. The quantitative estimate of drug-likeness (QED) is 0.192. The Morgan fingerprint density at radius 1 is 1.13 bits per heavy atom. The van der Waals surface area contributed by atoms with Crippen LogP contribution >= 0.6 is 0 Å². The van der Waals surface area contributed by atoms with Gasteiger partial charge in [-0.05, 0) is 63.0 Å². The topological polar surface area (TPSA) is 107 Å². The third-order valence-electron chi connectivity index (χ3n) is 9.25. The van der Waals surface area contributed by atoms with Crippen LogP contribution in [0.15, 0.2) is 52.3 Å². The minimum Gasteiger partial charge on any atom is -0.462 e. The van der Waals surface area contributed by atoms with Gasteiger partial charge in [0, 0.05) is 19.3 Å². The first kappa shape index (κ1) is 28.3. The van der Waals surface area contributed by atoms with Crippen molar-refractivity contribution in [3.8, 4) is 0 Å². The highest BCUT2D eigenvalue weighted by molar-refractivity contribution is 6.06. The van der Waals surface area contributed by atoms with E-state index in [-0.39, 0.29) is 30.4 Å². The molecule has 0 aromatic rings. The molecule has 9 atom stereocenters. The zero-order valence-corrected chi connectivity index (χ0v) is 23.8. The van der Waals surface area contributed by atoms with Crippen LogP contribution in [0.25, 0.3) is 0 Å². The maximum absolute atomic E-state index is 13.9. The van der Waals surface area contributed by atoms with Crippen molar-refractivity contribution in [2.45, 2.75) is 109 Å². The maximum atomic E-state index is 13.9. The van der Waals surface area contributed by atoms with E-state index in [2.05, 4.69) is 45.0 Å². The first-order valence-corrected chi connectivity index (χ1v) is 14.4. The second kappa shape index (κ2) is 11.0. The van der Waals surface area contributed by atoms with Gasteiger partial charge in [0.05, 0.1) is 18.8 Å². The highest BCUT2D eigenvalue weighted by atomic mass is 16.7. The lowest BCUT2D eigenvalue weighted by Crippen LogP contribution is -2.57. The molecule has 2 bridgehead atoms. The van der Waals surface area contributed by atoms with Gasteiger partial charge in [0.15, 0.2) is 5.79 Å². The van der Waals surface area contributed by atoms with E-state index in [0.29, 0.717) is 36.3 Å². The molecule has 0 radical (unpaired) electrons. The van der Waals surface area contributed by atoms with Crippen LogP contribution in [0.3, 0.4) is 0 Å². The third kappa shape index (κ3) is 5.41. The number of carbonyl (C=O) groups is 1. The molecule has 8 nitrogen and oxygen atoms in total. The summed E-state index contributed by atoms with van der Waals surface area (Å²) >= 11 is 0. The van der Waals surface area contributed by atoms with Gasteiger partial charge in [-0.15, -0.1) is 0 Å². The Balaban J connectivity index is 1.53. The number of oxime groups is 1. The van der Waals surface area contributed by atoms with Crippen molar-refractivity contribution in [2.24, 2.45) is 22.9 Å². The molecule has 2 N–H and O–H groups in total. The first-order valence-electron chi connectivity index (χ1n) is 14.4. The van der Waals surface area contributed by atoms with Crippen LogP contribution in [0.4, 0.5) is 0 Å². The summed E-state index contributed by atoms with van der Waals surface area (Å²) in [4.78, 5) is 13.9. The largest absolute Gasteiger partial charge is 0.462 e. The average Bonchev–Trinajstić information content (AvgIpc) is 3.21. The minimum absolute atomic E-state index is 0.0431. The van der Waals surface area contributed by atoms with E-state index in [1.807, 2.05) is 12.2 Å². The Kier molecular flexibility index (Phi) is 7.94. The van der Waals surface area contributed by atoms with Gasteiger partial charge in [0.1, 0.15) is 29.4 Å². The fourth-order valence-electron chi connectivity index (χ4n) is 6.85. The first-order chi connectivity index (χ1) is 18.5. The van der Waals surface area contributed by atoms with Crippen molar-refractivity contribution in [3.63, 3.8) is 0 Å². The number of rotatable bonds is 0. The molecule has 1 aliphatic carbocycles. The van der Waals surface area contributed by atoms with E-state index in [9.17, 15) is 15.1 Å². The zero-order chi connectivity index (χ0) is 27.9. The number of allylic oxidation sites excluding steroid dienone is 4. The third-order valence-corrected chi connectivity index (χ3v) is 9.25. The maximum Gasteiger partial charge on any atom is 0.316 e. The molecule has 214 valence electrons. The molecular weight excluding hydrogens is 498 g/mol. The Hall–Kier alpha value is -2.26. The van der Waals surface area contributed by atoms with Crippen LogP contribution in [0.5, 0.6) is 0 Å². The number of carbonyl (C=O) groups excluding carboxylic acids is 1. The Morgan fingerprint density at radius 2 is 1.92 bits per heavy atom. The molecular formula is C31H43NO7. The SMILES string of the molecule is CC1=C[C@H]2C(=O)O[C@H]3C[C@@H](C/C=C(\C)C[C@@H](C)C=CC=C4CO[C@H](C1=NO)[C@@]42O)O[C@@]1(CC[C@H](C)[C@@H](C)O1)C3. The van der Waals surface area contributed by atoms with Gasteiger partial charge in [-0.3, -0.25) is 4.79 Å². The van der Waals surface area contributed by atoms with Crippen LogP contribution in [-0.2, 0) is 23.7 Å². The van der Waals surface area contributed by atoms with Crippen LogP contribution in [0.2, 0.25) is 0 Å². The van der Waals surface area contributed by atoms with Crippen LogP contribution in [0, 0.1) is 17.8 Å². The fraction of sp³-hybridized carbons (Fsp3) is 0.677. The molecule has 0 saturated carbocycles. The van der Waals surface area contributed by atoms with Crippen molar-refractivity contribution in [2.75, 3.05) is 6.61 Å². The lowest BCUT2D eigenvalue weighted by Gasteiger charge is -2.49. The van der Waals surface area contributed by atoms with E-state index in [1.54, 1.807) is 13.0 Å². The number of fused-ring (bicyclic) bond motifs is 2. The Labute approximate surface area is 231 Å². The molecule has 8 heteroatoms. The van der Waals surface area contributed by atoms with Gasteiger partial charge >= 0.3 is 5.97 Å². The molecule has 39 heavy (non-hydrogen) atoms. The molecule has 5 rings (SSSR count). The number of nitrogens with zero attached hydrogens (tertiary/aromatic N) is 1. The molecule has 0 amide bonds. The molecule has 0 aromatic carbocycles. The summed E-state index contributed by atoms with van der Waals surface area (Å²) in [5.41, 5.74) is 0.916. The van der Waals surface area contributed by atoms with E-state index >= 15 is 0 Å². The summed E-state index contributed by atoms with van der Waals surface area (Å²) in [6.07, 6.45) is 12.6. The van der Waals surface area contributed by atoms with E-state index in [1.165, 1.54) is 5.57 Å². The molecule has 0 unspecified atom stereocenters. The van der Waals surface area contributed by atoms with Crippen LogP contribution in [-0.4, -0.2) is 64.4 Å². The lowest BCUT2D eigenvalue weighted by molar-refractivity contribution is -0.332. The zero-order valence-electron chi connectivity index (χ0n) is 23.8. The van der Waals surface area contributed by atoms with E-state index in [4.69, 9.17) is 18.9 Å². The smallest absolute Gasteiger partial charge is 0.316 e. The molecule has 1 spiro atoms.